The van der Waals surface area contributed by atoms with Gasteiger partial charge in [-0.3, -0.25) is 0 Å². The maximum Gasteiger partial charge on any atom is 2.00 e. The SMILES string of the molecule is O=C([O-])[O-].O=P([O-])([O-])[O-].[Ca+2].[Ca+2].[Mg+2]. The van der Waals surface area contributed by atoms with Gasteiger partial charge >= 0.3 is 98.5 Å². The van der Waals surface area contributed by atoms with Gasteiger partial charge in [-0.1, -0.05) is 0 Å². The van der Waals surface area contributed by atoms with Gasteiger partial charge in [0.15, 0.2) is 0 Å². The average Bonchev–Trinajstić information content (AvgIpc) is 1.19. The molecule has 0 aliphatic heterocycles. The summed E-state index contributed by atoms with van der Waals surface area (Å²) in [6.07, 6.45) is -2.33. The van der Waals surface area contributed by atoms with Crippen molar-refractivity contribution in [2.24, 2.45) is 0 Å². The largest absolute Gasteiger partial charge is 2.00 e. The molecule has 7 nitrogen and oxygen atoms in total. The summed E-state index contributed by atoms with van der Waals surface area (Å²) in [6.45, 7) is 0. The summed E-state index contributed by atoms with van der Waals surface area (Å²) in [4.78, 5) is 34.0. The Morgan fingerprint density at radius 3 is 1.00 bits per heavy atom. The summed E-state index contributed by atoms with van der Waals surface area (Å²) in [7, 11) is -5.39. The van der Waals surface area contributed by atoms with Crippen molar-refractivity contribution in [3.8, 4) is 0 Å². The Hall–Kier alpha value is 2.67. The first-order chi connectivity index (χ1) is 3.73. The van der Waals surface area contributed by atoms with Crippen LogP contribution >= 0.6 is 7.82 Å². The van der Waals surface area contributed by atoms with E-state index < -0.39 is 14.0 Å². The third-order valence-corrected chi connectivity index (χ3v) is 0. The van der Waals surface area contributed by atoms with Gasteiger partial charge in [0.1, 0.15) is 0 Å². The fourth-order valence-electron chi connectivity index (χ4n) is 0. The predicted molar refractivity (Wildman–Crippen MR) is 30.3 cm³/mol. The van der Waals surface area contributed by atoms with Crippen molar-refractivity contribution in [3.63, 3.8) is 0 Å². The summed E-state index contributed by atoms with van der Waals surface area (Å²) in [6, 6.07) is 0. The molecular formula is CCa2MgO7P+. The molecule has 0 spiro atoms. The summed E-state index contributed by atoms with van der Waals surface area (Å²) >= 11 is 0. The number of carbonyl (C=O) groups excluding carboxylic acids is 1. The molecule has 0 rings (SSSR count). The van der Waals surface area contributed by atoms with Gasteiger partial charge in [0, 0.05) is 0 Å². The average molecular weight is 259 g/mol. The van der Waals surface area contributed by atoms with E-state index in [0.717, 1.165) is 0 Å². The number of carbonyl (C=O) groups is 1. The zero-order valence-corrected chi connectivity index (χ0v) is 12.7. The maximum atomic E-state index is 8.55. The molecule has 0 heterocycles. The van der Waals surface area contributed by atoms with Crippen molar-refractivity contribution < 1.29 is 34.3 Å². The molecule has 12 heavy (non-hydrogen) atoms. The summed E-state index contributed by atoms with van der Waals surface area (Å²) in [5, 5.41) is 16.7. The topological polar surface area (TPSA) is 149 Å². The fourth-order valence-corrected chi connectivity index (χ4v) is 0. The molecule has 0 aromatic heterocycles. The van der Waals surface area contributed by atoms with E-state index in [0.29, 0.717) is 0 Å². The van der Waals surface area contributed by atoms with Crippen LogP contribution in [0, 0.1) is 0 Å². The second-order valence-electron chi connectivity index (χ2n) is 0.697. The van der Waals surface area contributed by atoms with Gasteiger partial charge in [-0.15, -0.1) is 0 Å². The molecule has 0 bridgehead atoms. The van der Waals surface area contributed by atoms with Crippen LogP contribution in [0.4, 0.5) is 4.79 Å². The molecular weight excluding hydrogens is 259 g/mol. The molecule has 0 saturated heterocycles. The van der Waals surface area contributed by atoms with Crippen LogP contribution in [-0.4, -0.2) is 105 Å². The van der Waals surface area contributed by atoms with Crippen LogP contribution < -0.4 is 24.9 Å². The van der Waals surface area contributed by atoms with Gasteiger partial charge in [-0.25, -0.2) is 0 Å². The first-order valence-corrected chi connectivity index (χ1v) is 2.80. The monoisotopic (exact) mass is 259 g/mol. The van der Waals surface area contributed by atoms with Crippen molar-refractivity contribution in [2.45, 2.75) is 0 Å². The summed E-state index contributed by atoms with van der Waals surface area (Å²) < 4.78 is 8.55. The molecule has 0 aromatic carbocycles. The fraction of sp³-hybridized carbons (Fsp3) is 0. The molecule has 0 N–H and O–H groups in total. The summed E-state index contributed by atoms with van der Waals surface area (Å²) in [5.41, 5.74) is 0. The molecule has 0 aliphatic carbocycles. The van der Waals surface area contributed by atoms with Crippen LogP contribution in [0.15, 0.2) is 0 Å². The van der Waals surface area contributed by atoms with Gasteiger partial charge in [0.05, 0.1) is 0 Å². The van der Waals surface area contributed by atoms with Crippen LogP contribution in [0.1, 0.15) is 0 Å². The first kappa shape index (κ1) is 29.3. The predicted octanol–water partition coefficient (Wildman–Crippen LogP) is -6.41. The second-order valence-corrected chi connectivity index (χ2v) is 1.59. The normalized spacial score (nSPS) is 6.92. The van der Waals surface area contributed by atoms with E-state index in [2.05, 4.69) is 0 Å². The Labute approximate surface area is 144 Å². The van der Waals surface area contributed by atoms with Gasteiger partial charge in [-0.05, 0) is 6.16 Å². The van der Waals surface area contributed by atoms with Crippen LogP contribution in [0.5, 0.6) is 0 Å². The molecule has 11 heteroatoms. The van der Waals surface area contributed by atoms with Crippen LogP contribution in [0.3, 0.4) is 0 Å². The number of carboxylic acid groups (broad SMARTS) is 2. The second kappa shape index (κ2) is 16.1. The Morgan fingerprint density at radius 1 is 1.00 bits per heavy atom. The maximum absolute atomic E-state index is 8.55. The molecule has 0 unspecified atom stereocenters. The van der Waals surface area contributed by atoms with Crippen molar-refractivity contribution in [2.75, 3.05) is 0 Å². The minimum Gasteiger partial charge on any atom is -0.822 e. The first-order valence-electron chi connectivity index (χ1n) is 1.34. The number of phosphoric acid groups is 1. The Bertz CT molecular complexity index is 121. The van der Waals surface area contributed by atoms with Crippen molar-refractivity contribution >= 4 is 113 Å². The quantitative estimate of drug-likeness (QED) is 0.310. The summed E-state index contributed by atoms with van der Waals surface area (Å²) in [5.74, 6) is 0. The van der Waals surface area contributed by atoms with Crippen LogP contribution in [0.2, 0.25) is 0 Å². The molecule has 56 valence electrons. The van der Waals surface area contributed by atoms with Gasteiger partial charge in [-0.2, -0.15) is 7.82 Å². The zero-order chi connectivity index (χ0) is 8.08. The smallest absolute Gasteiger partial charge is 0.822 e. The number of hydrogen-bond donors (Lipinski definition) is 0. The van der Waals surface area contributed by atoms with E-state index in [1.165, 1.54) is 0 Å². The third-order valence-electron chi connectivity index (χ3n) is 0. The van der Waals surface area contributed by atoms with E-state index in [1.807, 2.05) is 0 Å². The molecule has 0 radical (unpaired) electrons. The molecule has 0 amide bonds. The Balaban J connectivity index is -0.0000000221. The molecule has 0 aromatic rings. The Morgan fingerprint density at radius 2 is 1.00 bits per heavy atom. The van der Waals surface area contributed by atoms with Crippen molar-refractivity contribution in [3.05, 3.63) is 0 Å². The minimum atomic E-state index is -5.39. The van der Waals surface area contributed by atoms with E-state index in [-0.39, 0.29) is 98.5 Å². The van der Waals surface area contributed by atoms with Gasteiger partial charge in [0.2, 0.25) is 0 Å². The Kier molecular flexibility index (Phi) is 39.4. The number of rotatable bonds is 0. The van der Waals surface area contributed by atoms with Gasteiger partial charge in [0.25, 0.3) is 0 Å². The van der Waals surface area contributed by atoms with Gasteiger partial charge < -0.3 is 34.3 Å². The van der Waals surface area contributed by atoms with E-state index in [4.69, 9.17) is 34.3 Å². The zero-order valence-electron chi connectivity index (χ0n) is 5.93. The van der Waals surface area contributed by atoms with Crippen molar-refractivity contribution in [1.29, 1.82) is 0 Å². The third kappa shape index (κ3) is 243. The van der Waals surface area contributed by atoms with Crippen LogP contribution in [0.25, 0.3) is 0 Å². The minimum absolute atomic E-state index is 0. The molecule has 0 atom stereocenters. The van der Waals surface area contributed by atoms with E-state index in [9.17, 15) is 0 Å². The standard InChI is InChI=1S/CH2O3.2Ca.Mg.H3O4P/c2-1(3)4;;;;1-5(2,3)4/h(H2,2,3,4);;;;(H3,1,2,3,4)/q;3*+2;/p-5. The molecule has 0 fully saturated rings. The van der Waals surface area contributed by atoms with E-state index >= 15 is 0 Å². The molecule has 0 aliphatic rings. The van der Waals surface area contributed by atoms with Crippen LogP contribution in [-0.2, 0) is 4.57 Å². The van der Waals surface area contributed by atoms with E-state index in [1.54, 1.807) is 0 Å². The number of hydrogen-bond acceptors (Lipinski definition) is 7. The van der Waals surface area contributed by atoms with Crippen molar-refractivity contribution in [1.82, 2.24) is 0 Å². The molecule has 0 saturated carbocycles.